The van der Waals surface area contributed by atoms with Crippen molar-refractivity contribution in [2.24, 2.45) is 5.73 Å². The highest BCUT2D eigenvalue weighted by Gasteiger charge is 2.39. The molecular weight excluding hydrogens is 286 g/mol. The molecule has 0 amide bonds. The molecule has 0 fully saturated rings. The van der Waals surface area contributed by atoms with E-state index >= 15 is 0 Å². The van der Waals surface area contributed by atoms with E-state index in [-0.39, 0.29) is 0 Å². The minimum absolute atomic E-state index is 0.324. The SMILES string of the molecule is COc1ccc2c(c1)C(N)C(S(=O)(=O)c1ccccc1)C2. The zero-order chi connectivity index (χ0) is 15.0. The van der Waals surface area contributed by atoms with Crippen molar-refractivity contribution in [2.45, 2.75) is 22.6 Å². The standard InChI is InChI=1S/C16H17NO3S/c1-20-12-8-7-11-9-15(16(17)14(11)10-12)21(18,19)13-5-3-2-4-6-13/h2-8,10,15-16H,9,17H2,1H3. The van der Waals surface area contributed by atoms with Crippen LogP contribution in [-0.2, 0) is 16.3 Å². The molecule has 110 valence electrons. The molecule has 2 aromatic carbocycles. The van der Waals surface area contributed by atoms with Crippen molar-refractivity contribution in [3.8, 4) is 5.75 Å². The van der Waals surface area contributed by atoms with E-state index in [0.717, 1.165) is 11.1 Å². The largest absolute Gasteiger partial charge is 0.497 e. The molecular formula is C16H17NO3S. The molecule has 0 heterocycles. The third kappa shape index (κ3) is 2.32. The average molecular weight is 303 g/mol. The third-order valence-corrected chi connectivity index (χ3v) is 6.19. The van der Waals surface area contributed by atoms with Crippen LogP contribution in [0.15, 0.2) is 53.4 Å². The lowest BCUT2D eigenvalue weighted by molar-refractivity contribution is 0.414. The molecule has 1 aliphatic carbocycles. The van der Waals surface area contributed by atoms with Crippen molar-refractivity contribution in [3.05, 3.63) is 59.7 Å². The first-order valence-corrected chi connectivity index (χ1v) is 8.30. The Labute approximate surface area is 124 Å². The van der Waals surface area contributed by atoms with Gasteiger partial charge in [-0.1, -0.05) is 24.3 Å². The van der Waals surface area contributed by atoms with Gasteiger partial charge in [0.1, 0.15) is 5.75 Å². The van der Waals surface area contributed by atoms with E-state index in [1.807, 2.05) is 18.2 Å². The van der Waals surface area contributed by atoms with Crippen LogP contribution in [0.4, 0.5) is 0 Å². The minimum Gasteiger partial charge on any atom is -0.497 e. The molecule has 0 aromatic heterocycles. The molecule has 0 bridgehead atoms. The van der Waals surface area contributed by atoms with Crippen LogP contribution in [0.25, 0.3) is 0 Å². The lowest BCUT2D eigenvalue weighted by Gasteiger charge is -2.17. The van der Waals surface area contributed by atoms with Crippen molar-refractivity contribution in [1.82, 2.24) is 0 Å². The molecule has 0 radical (unpaired) electrons. The van der Waals surface area contributed by atoms with Gasteiger partial charge in [0.25, 0.3) is 0 Å². The summed E-state index contributed by atoms with van der Waals surface area (Å²) in [6.45, 7) is 0. The Balaban J connectivity index is 2.00. The maximum atomic E-state index is 12.8. The number of nitrogens with two attached hydrogens (primary N) is 1. The monoisotopic (exact) mass is 303 g/mol. The van der Waals surface area contributed by atoms with Crippen molar-refractivity contribution in [2.75, 3.05) is 7.11 Å². The summed E-state index contributed by atoms with van der Waals surface area (Å²) in [7, 11) is -1.86. The number of ether oxygens (including phenoxy) is 1. The van der Waals surface area contributed by atoms with Crippen LogP contribution in [-0.4, -0.2) is 20.8 Å². The predicted molar refractivity (Wildman–Crippen MR) is 81.0 cm³/mol. The van der Waals surface area contributed by atoms with E-state index in [9.17, 15) is 8.42 Å². The first-order chi connectivity index (χ1) is 10.0. The molecule has 21 heavy (non-hydrogen) atoms. The van der Waals surface area contributed by atoms with Gasteiger partial charge in [0, 0.05) is 6.04 Å². The van der Waals surface area contributed by atoms with Gasteiger partial charge >= 0.3 is 0 Å². The molecule has 2 N–H and O–H groups in total. The van der Waals surface area contributed by atoms with Crippen molar-refractivity contribution in [1.29, 1.82) is 0 Å². The van der Waals surface area contributed by atoms with Crippen molar-refractivity contribution in [3.63, 3.8) is 0 Å². The van der Waals surface area contributed by atoms with Gasteiger partial charge in [-0.25, -0.2) is 8.42 Å². The minimum atomic E-state index is -3.44. The Morgan fingerprint density at radius 3 is 2.52 bits per heavy atom. The summed E-state index contributed by atoms with van der Waals surface area (Å²) in [6, 6.07) is 13.5. The first kappa shape index (κ1) is 14.1. The summed E-state index contributed by atoms with van der Waals surface area (Å²) in [5.41, 5.74) is 8.04. The van der Waals surface area contributed by atoms with Crippen LogP contribution >= 0.6 is 0 Å². The Morgan fingerprint density at radius 2 is 1.86 bits per heavy atom. The lowest BCUT2D eigenvalue weighted by Crippen LogP contribution is -2.30. The molecule has 3 rings (SSSR count). The van der Waals surface area contributed by atoms with Gasteiger partial charge < -0.3 is 10.5 Å². The number of benzene rings is 2. The third-order valence-electron chi connectivity index (χ3n) is 4.00. The van der Waals surface area contributed by atoms with E-state index in [1.165, 1.54) is 0 Å². The smallest absolute Gasteiger partial charge is 0.183 e. The lowest BCUT2D eigenvalue weighted by atomic mass is 10.1. The predicted octanol–water partition coefficient (Wildman–Crippen LogP) is 2.09. The summed E-state index contributed by atoms with van der Waals surface area (Å²) < 4.78 is 30.7. The second-order valence-corrected chi connectivity index (χ2v) is 7.36. The van der Waals surface area contributed by atoms with Crippen LogP contribution < -0.4 is 10.5 Å². The summed E-state index contributed by atoms with van der Waals surface area (Å²) in [5.74, 6) is 0.696. The molecule has 2 atom stereocenters. The summed E-state index contributed by atoms with van der Waals surface area (Å²) in [6.07, 6.45) is 0.442. The Bertz CT molecular complexity index is 756. The second kappa shape index (κ2) is 5.16. The summed E-state index contributed by atoms with van der Waals surface area (Å²) >= 11 is 0. The van der Waals surface area contributed by atoms with Gasteiger partial charge in [0.2, 0.25) is 0 Å². The number of fused-ring (bicyclic) bond motifs is 1. The fraction of sp³-hybridized carbons (Fsp3) is 0.250. The number of hydrogen-bond acceptors (Lipinski definition) is 4. The van der Waals surface area contributed by atoms with E-state index in [1.54, 1.807) is 37.4 Å². The Kier molecular flexibility index (Phi) is 3.47. The Hall–Kier alpha value is -1.85. The van der Waals surface area contributed by atoms with Crippen LogP contribution in [0.3, 0.4) is 0 Å². The highest BCUT2D eigenvalue weighted by atomic mass is 32.2. The zero-order valence-corrected chi connectivity index (χ0v) is 12.5. The fourth-order valence-electron chi connectivity index (χ4n) is 2.83. The van der Waals surface area contributed by atoms with E-state index < -0.39 is 21.1 Å². The topological polar surface area (TPSA) is 69.4 Å². The van der Waals surface area contributed by atoms with Gasteiger partial charge in [-0.15, -0.1) is 0 Å². The van der Waals surface area contributed by atoms with E-state index in [2.05, 4.69) is 0 Å². The molecule has 0 aliphatic heterocycles. The number of rotatable bonds is 3. The average Bonchev–Trinajstić information content (AvgIpc) is 2.85. The Morgan fingerprint density at radius 1 is 1.14 bits per heavy atom. The molecule has 0 spiro atoms. The number of hydrogen-bond donors (Lipinski definition) is 1. The molecule has 0 saturated carbocycles. The van der Waals surface area contributed by atoms with Gasteiger partial charge in [0.05, 0.1) is 17.3 Å². The number of sulfone groups is 1. The van der Waals surface area contributed by atoms with Crippen LogP contribution in [0.5, 0.6) is 5.75 Å². The maximum absolute atomic E-state index is 12.8. The highest BCUT2D eigenvalue weighted by Crippen LogP contribution is 2.38. The van der Waals surface area contributed by atoms with Crippen LogP contribution in [0.1, 0.15) is 17.2 Å². The maximum Gasteiger partial charge on any atom is 0.183 e. The van der Waals surface area contributed by atoms with Crippen LogP contribution in [0, 0.1) is 0 Å². The summed E-state index contributed by atoms with van der Waals surface area (Å²) in [5, 5.41) is -0.623. The fourth-order valence-corrected chi connectivity index (χ4v) is 4.65. The molecule has 0 saturated heterocycles. The van der Waals surface area contributed by atoms with E-state index in [4.69, 9.17) is 10.5 Å². The molecule has 2 aromatic rings. The molecule has 4 nitrogen and oxygen atoms in total. The van der Waals surface area contributed by atoms with Gasteiger partial charge in [-0.05, 0) is 41.8 Å². The normalized spacial score (nSPS) is 21.0. The first-order valence-electron chi connectivity index (χ1n) is 6.75. The summed E-state index contributed by atoms with van der Waals surface area (Å²) in [4.78, 5) is 0.324. The zero-order valence-electron chi connectivity index (χ0n) is 11.7. The quantitative estimate of drug-likeness (QED) is 0.942. The highest BCUT2D eigenvalue weighted by molar-refractivity contribution is 7.92. The molecule has 1 aliphatic rings. The molecule has 2 unspecified atom stereocenters. The van der Waals surface area contributed by atoms with Crippen molar-refractivity contribution >= 4 is 9.84 Å². The van der Waals surface area contributed by atoms with Gasteiger partial charge in [-0.2, -0.15) is 0 Å². The van der Waals surface area contributed by atoms with E-state index in [0.29, 0.717) is 17.1 Å². The molecule has 5 heteroatoms. The van der Waals surface area contributed by atoms with Gasteiger partial charge in [-0.3, -0.25) is 0 Å². The van der Waals surface area contributed by atoms with Crippen molar-refractivity contribution < 1.29 is 13.2 Å². The van der Waals surface area contributed by atoms with Crippen LogP contribution in [0.2, 0.25) is 0 Å². The van der Waals surface area contributed by atoms with Gasteiger partial charge in [0.15, 0.2) is 9.84 Å². The number of methoxy groups -OCH3 is 1. The second-order valence-electron chi connectivity index (χ2n) is 5.19.